The predicted molar refractivity (Wildman–Crippen MR) is 74.6 cm³/mol. The molecule has 0 saturated heterocycles. The van der Waals surface area contributed by atoms with Crippen LogP contribution in [0, 0.1) is 0 Å². The van der Waals surface area contributed by atoms with Crippen LogP contribution in [0.3, 0.4) is 0 Å². The Morgan fingerprint density at radius 1 is 1.24 bits per heavy atom. The van der Waals surface area contributed by atoms with Crippen LogP contribution in [0.2, 0.25) is 5.02 Å². The van der Waals surface area contributed by atoms with Gasteiger partial charge in [0.1, 0.15) is 0 Å². The molecule has 0 aliphatic heterocycles. The zero-order valence-corrected chi connectivity index (χ0v) is 11.8. The zero-order valence-electron chi connectivity index (χ0n) is 11.0. The molecule has 0 saturated carbocycles. The number of alkyl halides is 3. The molecular weight excluding hydrogens is 305 g/mol. The van der Waals surface area contributed by atoms with Crippen LogP contribution in [0.15, 0.2) is 36.4 Å². The summed E-state index contributed by atoms with van der Waals surface area (Å²) in [6.45, 7) is 0.141. The number of ether oxygens (including phenoxy) is 1. The van der Waals surface area contributed by atoms with Gasteiger partial charge in [-0.3, -0.25) is 0 Å². The summed E-state index contributed by atoms with van der Waals surface area (Å²) in [6, 6.07) is 8.66. The number of nitrogens with zero attached hydrogens (tertiary/aromatic N) is 1. The first-order valence-corrected chi connectivity index (χ1v) is 6.38. The van der Waals surface area contributed by atoms with Crippen LogP contribution in [0.25, 0.3) is 0 Å². The summed E-state index contributed by atoms with van der Waals surface area (Å²) < 4.78 is 43.8. The SMILES string of the molecule is COc1cccc(CNc2ccc(Cl)cc2C(F)(F)F)n1. The Bertz CT molecular complexity index is 632. The van der Waals surface area contributed by atoms with Gasteiger partial charge in [0.25, 0.3) is 0 Å². The van der Waals surface area contributed by atoms with E-state index in [0.29, 0.717) is 11.6 Å². The molecule has 0 radical (unpaired) electrons. The lowest BCUT2D eigenvalue weighted by Crippen LogP contribution is -2.11. The molecule has 0 atom stereocenters. The number of hydrogen-bond acceptors (Lipinski definition) is 3. The quantitative estimate of drug-likeness (QED) is 0.909. The molecule has 0 unspecified atom stereocenters. The highest BCUT2D eigenvalue weighted by Crippen LogP contribution is 2.36. The van der Waals surface area contributed by atoms with Gasteiger partial charge in [0.15, 0.2) is 0 Å². The third-order valence-corrected chi connectivity index (χ3v) is 2.97. The van der Waals surface area contributed by atoms with Gasteiger partial charge >= 0.3 is 6.18 Å². The van der Waals surface area contributed by atoms with Crippen LogP contribution in [0.5, 0.6) is 5.88 Å². The Balaban J connectivity index is 2.20. The monoisotopic (exact) mass is 316 g/mol. The fraction of sp³-hybridized carbons (Fsp3) is 0.214. The Morgan fingerprint density at radius 2 is 2.00 bits per heavy atom. The Morgan fingerprint density at radius 3 is 2.67 bits per heavy atom. The normalized spacial score (nSPS) is 11.3. The van der Waals surface area contributed by atoms with Gasteiger partial charge in [-0.1, -0.05) is 17.7 Å². The van der Waals surface area contributed by atoms with Gasteiger partial charge in [0, 0.05) is 16.8 Å². The van der Waals surface area contributed by atoms with E-state index in [2.05, 4.69) is 10.3 Å². The highest BCUT2D eigenvalue weighted by Gasteiger charge is 2.33. The second-order valence-corrected chi connectivity index (χ2v) is 4.65. The van der Waals surface area contributed by atoms with Gasteiger partial charge in [0.2, 0.25) is 5.88 Å². The van der Waals surface area contributed by atoms with Crippen molar-refractivity contribution in [3.63, 3.8) is 0 Å². The first kappa shape index (κ1) is 15.4. The number of aromatic nitrogens is 1. The van der Waals surface area contributed by atoms with Gasteiger partial charge in [-0.2, -0.15) is 13.2 Å². The standard InChI is InChI=1S/C14H12ClF3N2O/c1-21-13-4-2-3-10(20-13)8-19-12-6-5-9(15)7-11(12)14(16,17)18/h2-7,19H,8H2,1H3. The maximum atomic E-state index is 12.9. The second-order valence-electron chi connectivity index (χ2n) is 4.21. The van der Waals surface area contributed by atoms with Crippen LogP contribution in [0.1, 0.15) is 11.3 Å². The van der Waals surface area contributed by atoms with Gasteiger partial charge in [-0.25, -0.2) is 4.98 Å². The summed E-state index contributed by atoms with van der Waals surface area (Å²) in [6.07, 6.45) is -4.48. The number of anilines is 1. The molecule has 0 aliphatic rings. The molecule has 0 aliphatic carbocycles. The molecule has 21 heavy (non-hydrogen) atoms. The summed E-state index contributed by atoms with van der Waals surface area (Å²) >= 11 is 5.62. The maximum absolute atomic E-state index is 12.9. The number of halogens is 4. The molecule has 2 aromatic rings. The lowest BCUT2D eigenvalue weighted by atomic mass is 10.1. The number of nitrogens with one attached hydrogen (secondary N) is 1. The number of rotatable bonds is 4. The van der Waals surface area contributed by atoms with Crippen molar-refractivity contribution >= 4 is 17.3 Å². The number of hydrogen-bond donors (Lipinski definition) is 1. The predicted octanol–water partition coefficient (Wildman–Crippen LogP) is 4.37. The fourth-order valence-electron chi connectivity index (χ4n) is 1.76. The minimum Gasteiger partial charge on any atom is -0.481 e. The molecule has 3 nitrogen and oxygen atoms in total. The van der Waals surface area contributed by atoms with E-state index < -0.39 is 11.7 Å². The van der Waals surface area contributed by atoms with E-state index in [4.69, 9.17) is 16.3 Å². The van der Waals surface area contributed by atoms with Crippen molar-refractivity contribution < 1.29 is 17.9 Å². The lowest BCUT2D eigenvalue weighted by molar-refractivity contribution is -0.136. The number of pyridine rings is 1. The smallest absolute Gasteiger partial charge is 0.418 e. The van der Waals surface area contributed by atoms with Gasteiger partial charge in [0.05, 0.1) is 24.9 Å². The van der Waals surface area contributed by atoms with E-state index in [1.165, 1.54) is 19.2 Å². The molecule has 1 heterocycles. The summed E-state index contributed by atoms with van der Waals surface area (Å²) in [5.41, 5.74) is -0.285. The fourth-order valence-corrected chi connectivity index (χ4v) is 1.93. The third kappa shape index (κ3) is 4.01. The van der Waals surface area contributed by atoms with E-state index in [0.717, 1.165) is 6.07 Å². The number of benzene rings is 1. The molecule has 0 spiro atoms. The Hall–Kier alpha value is -1.95. The van der Waals surface area contributed by atoms with E-state index in [9.17, 15) is 13.2 Å². The van der Waals surface area contributed by atoms with E-state index in [1.54, 1.807) is 18.2 Å². The van der Waals surface area contributed by atoms with Crippen LogP contribution in [-0.4, -0.2) is 12.1 Å². The van der Waals surface area contributed by atoms with Gasteiger partial charge in [-0.05, 0) is 24.3 Å². The summed E-state index contributed by atoms with van der Waals surface area (Å²) in [4.78, 5) is 4.12. The first-order valence-electron chi connectivity index (χ1n) is 6.00. The van der Waals surface area contributed by atoms with Gasteiger partial charge < -0.3 is 10.1 Å². The topological polar surface area (TPSA) is 34.1 Å². The van der Waals surface area contributed by atoms with Crippen LogP contribution >= 0.6 is 11.6 Å². The highest BCUT2D eigenvalue weighted by atomic mass is 35.5. The van der Waals surface area contributed by atoms with E-state index in [-0.39, 0.29) is 17.3 Å². The van der Waals surface area contributed by atoms with E-state index in [1.807, 2.05) is 0 Å². The second kappa shape index (κ2) is 6.22. The summed E-state index contributed by atoms with van der Waals surface area (Å²) in [7, 11) is 1.47. The van der Waals surface area contributed by atoms with Crippen LogP contribution < -0.4 is 10.1 Å². The molecule has 7 heteroatoms. The molecular formula is C14H12ClF3N2O. The van der Waals surface area contributed by atoms with Crippen molar-refractivity contribution in [2.24, 2.45) is 0 Å². The molecule has 0 fully saturated rings. The van der Waals surface area contributed by atoms with Crippen molar-refractivity contribution in [3.8, 4) is 5.88 Å². The average molecular weight is 317 g/mol. The van der Waals surface area contributed by atoms with Crippen LogP contribution in [0.4, 0.5) is 18.9 Å². The lowest BCUT2D eigenvalue weighted by Gasteiger charge is -2.15. The molecule has 1 aromatic heterocycles. The largest absolute Gasteiger partial charge is 0.481 e. The van der Waals surface area contributed by atoms with Gasteiger partial charge in [-0.15, -0.1) is 0 Å². The highest BCUT2D eigenvalue weighted by molar-refractivity contribution is 6.30. The molecule has 1 aromatic carbocycles. The Kier molecular flexibility index (Phi) is 4.57. The molecule has 0 bridgehead atoms. The molecule has 0 amide bonds. The van der Waals surface area contributed by atoms with Crippen molar-refractivity contribution in [2.45, 2.75) is 12.7 Å². The average Bonchev–Trinajstić information content (AvgIpc) is 2.45. The Labute approximate surface area is 124 Å². The summed E-state index contributed by atoms with van der Waals surface area (Å²) in [5.74, 6) is 0.404. The number of methoxy groups -OCH3 is 1. The summed E-state index contributed by atoms with van der Waals surface area (Å²) in [5, 5.41) is 2.75. The van der Waals surface area contributed by atoms with Crippen molar-refractivity contribution in [2.75, 3.05) is 12.4 Å². The molecule has 1 N–H and O–H groups in total. The van der Waals surface area contributed by atoms with Crippen molar-refractivity contribution in [3.05, 3.63) is 52.7 Å². The zero-order chi connectivity index (χ0) is 15.5. The molecule has 2 rings (SSSR count). The third-order valence-electron chi connectivity index (χ3n) is 2.74. The first-order chi connectivity index (χ1) is 9.90. The van der Waals surface area contributed by atoms with Crippen molar-refractivity contribution in [1.29, 1.82) is 0 Å². The van der Waals surface area contributed by atoms with Crippen molar-refractivity contribution in [1.82, 2.24) is 4.98 Å². The maximum Gasteiger partial charge on any atom is 0.418 e. The minimum atomic E-state index is -4.48. The van der Waals surface area contributed by atoms with E-state index >= 15 is 0 Å². The minimum absolute atomic E-state index is 0.0346. The molecule has 112 valence electrons. The van der Waals surface area contributed by atoms with Crippen LogP contribution in [-0.2, 0) is 12.7 Å².